The summed E-state index contributed by atoms with van der Waals surface area (Å²) in [6.45, 7) is 5.01. The number of benzene rings is 1. The SMILES string of the molecule is CCc1nc(C(N)=O)c(Nc2ccc(N3CCN(C)CC3)c(S(=O)(=O)N(C)C)c2)nc1N[C@H]1CC[C@H](O)CC1. The Morgan fingerprint density at radius 2 is 1.77 bits per heavy atom. The molecule has 1 saturated carbocycles. The highest BCUT2D eigenvalue weighted by Crippen LogP contribution is 2.33. The molecule has 39 heavy (non-hydrogen) atoms. The summed E-state index contributed by atoms with van der Waals surface area (Å²) < 4.78 is 27.9. The highest BCUT2D eigenvalue weighted by Gasteiger charge is 2.27. The molecule has 214 valence electrons. The van der Waals surface area contributed by atoms with Gasteiger partial charge in [0.1, 0.15) is 10.7 Å². The van der Waals surface area contributed by atoms with Gasteiger partial charge in [0.05, 0.1) is 17.5 Å². The van der Waals surface area contributed by atoms with Crippen molar-refractivity contribution in [3.8, 4) is 0 Å². The summed E-state index contributed by atoms with van der Waals surface area (Å²) in [5, 5.41) is 16.4. The van der Waals surface area contributed by atoms with Gasteiger partial charge >= 0.3 is 0 Å². The fourth-order valence-corrected chi connectivity index (χ4v) is 6.08. The largest absolute Gasteiger partial charge is 0.393 e. The van der Waals surface area contributed by atoms with Gasteiger partial charge in [-0.05, 0) is 57.4 Å². The molecule has 12 nitrogen and oxygen atoms in total. The van der Waals surface area contributed by atoms with E-state index in [4.69, 9.17) is 10.7 Å². The Morgan fingerprint density at radius 3 is 2.36 bits per heavy atom. The van der Waals surface area contributed by atoms with Crippen molar-refractivity contribution in [1.29, 1.82) is 0 Å². The first-order valence-corrected chi connectivity index (χ1v) is 14.9. The number of anilines is 4. The number of rotatable bonds is 9. The lowest BCUT2D eigenvalue weighted by atomic mass is 9.93. The highest BCUT2D eigenvalue weighted by molar-refractivity contribution is 7.89. The Morgan fingerprint density at radius 1 is 1.10 bits per heavy atom. The molecular weight excluding hydrogens is 520 g/mol. The van der Waals surface area contributed by atoms with Gasteiger partial charge in [-0.15, -0.1) is 0 Å². The maximum Gasteiger partial charge on any atom is 0.271 e. The van der Waals surface area contributed by atoms with Gasteiger partial charge in [-0.25, -0.2) is 22.7 Å². The van der Waals surface area contributed by atoms with Crippen LogP contribution in [0.15, 0.2) is 23.1 Å². The summed E-state index contributed by atoms with van der Waals surface area (Å²) in [7, 11) is 1.28. The first kappa shape index (κ1) is 29.0. The minimum Gasteiger partial charge on any atom is -0.393 e. The van der Waals surface area contributed by atoms with Crippen LogP contribution in [0.5, 0.6) is 0 Å². The molecule has 1 aliphatic carbocycles. The molecule has 0 atom stereocenters. The minimum atomic E-state index is -3.78. The summed E-state index contributed by atoms with van der Waals surface area (Å²) in [4.78, 5) is 26.0. The van der Waals surface area contributed by atoms with Crippen molar-refractivity contribution in [1.82, 2.24) is 19.2 Å². The molecule has 1 saturated heterocycles. The molecule has 2 fully saturated rings. The third kappa shape index (κ3) is 6.60. The van der Waals surface area contributed by atoms with Gasteiger partial charge < -0.3 is 31.3 Å². The van der Waals surface area contributed by atoms with E-state index >= 15 is 0 Å². The average molecular weight is 561 g/mol. The predicted octanol–water partition coefficient (Wildman–Crippen LogP) is 1.60. The van der Waals surface area contributed by atoms with Crippen LogP contribution in [-0.2, 0) is 16.4 Å². The van der Waals surface area contributed by atoms with Crippen LogP contribution < -0.4 is 21.3 Å². The fourth-order valence-electron chi connectivity index (χ4n) is 4.95. The van der Waals surface area contributed by atoms with Crippen LogP contribution in [0.4, 0.5) is 23.0 Å². The molecule has 4 rings (SSSR count). The first-order chi connectivity index (χ1) is 18.5. The van der Waals surface area contributed by atoms with E-state index in [2.05, 4.69) is 25.4 Å². The number of primary amides is 1. The molecule has 2 aliphatic rings. The second kappa shape index (κ2) is 12.0. The van der Waals surface area contributed by atoms with E-state index in [9.17, 15) is 18.3 Å². The number of nitrogens with zero attached hydrogens (tertiary/aromatic N) is 5. The summed E-state index contributed by atoms with van der Waals surface area (Å²) in [5.41, 5.74) is 7.34. The van der Waals surface area contributed by atoms with E-state index < -0.39 is 15.9 Å². The van der Waals surface area contributed by atoms with Gasteiger partial charge in [0, 0.05) is 52.0 Å². The molecule has 1 aromatic carbocycles. The predicted molar refractivity (Wildman–Crippen MR) is 152 cm³/mol. The average Bonchev–Trinajstić information content (AvgIpc) is 2.90. The second-order valence-corrected chi connectivity index (χ2v) is 12.6. The second-order valence-electron chi connectivity index (χ2n) is 10.5. The quantitative estimate of drug-likeness (QED) is 0.355. The van der Waals surface area contributed by atoms with E-state index in [1.807, 2.05) is 14.0 Å². The smallest absolute Gasteiger partial charge is 0.271 e. The number of nitrogens with two attached hydrogens (primary N) is 1. The number of carbonyl (C=O) groups excluding carboxylic acids is 1. The molecule has 5 N–H and O–H groups in total. The summed E-state index contributed by atoms with van der Waals surface area (Å²) in [6.07, 6.45) is 3.27. The lowest BCUT2D eigenvalue weighted by Gasteiger charge is -2.35. The number of nitrogens with one attached hydrogen (secondary N) is 2. The number of aromatic nitrogens is 2. The molecule has 1 aromatic heterocycles. The maximum absolute atomic E-state index is 13.4. The van der Waals surface area contributed by atoms with Crippen LogP contribution in [0.3, 0.4) is 0 Å². The third-order valence-electron chi connectivity index (χ3n) is 7.40. The molecule has 0 unspecified atom stereocenters. The topological polar surface area (TPSA) is 157 Å². The van der Waals surface area contributed by atoms with Gasteiger partial charge in [-0.1, -0.05) is 6.92 Å². The lowest BCUT2D eigenvalue weighted by Crippen LogP contribution is -2.45. The van der Waals surface area contributed by atoms with E-state index in [-0.39, 0.29) is 28.6 Å². The van der Waals surface area contributed by atoms with Gasteiger partial charge in [0.25, 0.3) is 5.91 Å². The molecule has 0 radical (unpaired) electrons. The van der Waals surface area contributed by atoms with Crippen molar-refractivity contribution in [3.63, 3.8) is 0 Å². The molecule has 13 heteroatoms. The Balaban J connectivity index is 1.71. The summed E-state index contributed by atoms with van der Waals surface area (Å²) >= 11 is 0. The zero-order valence-corrected chi connectivity index (χ0v) is 24.0. The Labute approximate surface area is 230 Å². The number of aliphatic hydroxyl groups excluding tert-OH is 1. The summed E-state index contributed by atoms with van der Waals surface area (Å²) in [6, 6.07) is 5.26. The van der Waals surface area contributed by atoms with Crippen LogP contribution in [0.25, 0.3) is 0 Å². The number of aliphatic hydroxyl groups is 1. The monoisotopic (exact) mass is 560 g/mol. The number of aryl methyl sites for hydroxylation is 1. The number of amides is 1. The van der Waals surface area contributed by atoms with Crippen molar-refractivity contribution in [2.45, 2.75) is 56.1 Å². The standard InChI is InChI=1S/C26H40N8O4S/c1-5-20-25(28-17-6-9-19(35)10-7-17)31-26(23(30-20)24(27)36)29-18-8-11-21(34-14-12-33(4)13-15-34)22(16-18)39(37,38)32(2)3/h8,11,16-17,19,35H,5-7,9-10,12-15H2,1-4H3,(H2,27,36)(H2,28,29,31)/t17-,19-. The fraction of sp³-hybridized carbons (Fsp3) is 0.577. The number of sulfonamides is 1. The van der Waals surface area contributed by atoms with Crippen molar-refractivity contribution in [2.75, 3.05) is 62.9 Å². The molecule has 0 bridgehead atoms. The van der Waals surface area contributed by atoms with Crippen molar-refractivity contribution < 1.29 is 18.3 Å². The maximum atomic E-state index is 13.4. The van der Waals surface area contributed by atoms with E-state index in [0.717, 1.165) is 25.9 Å². The highest BCUT2D eigenvalue weighted by atomic mass is 32.2. The van der Waals surface area contributed by atoms with E-state index in [0.29, 0.717) is 55.2 Å². The molecule has 1 aliphatic heterocycles. The molecule has 0 spiro atoms. The zero-order valence-electron chi connectivity index (χ0n) is 23.1. The van der Waals surface area contributed by atoms with Gasteiger partial charge in [0.15, 0.2) is 11.5 Å². The van der Waals surface area contributed by atoms with Crippen LogP contribution >= 0.6 is 0 Å². The Kier molecular flexibility index (Phi) is 8.94. The van der Waals surface area contributed by atoms with Crippen LogP contribution in [0.1, 0.15) is 48.8 Å². The normalized spacial score (nSPS) is 20.7. The number of carbonyl (C=O) groups is 1. The van der Waals surface area contributed by atoms with Gasteiger partial charge in [-0.3, -0.25) is 4.79 Å². The van der Waals surface area contributed by atoms with Crippen LogP contribution in [-0.4, -0.2) is 98.1 Å². The first-order valence-electron chi connectivity index (χ1n) is 13.4. The van der Waals surface area contributed by atoms with E-state index in [1.54, 1.807) is 18.2 Å². The number of hydrogen-bond acceptors (Lipinski definition) is 10. The minimum absolute atomic E-state index is 0.0170. The van der Waals surface area contributed by atoms with Crippen LogP contribution in [0, 0.1) is 0 Å². The molecule has 2 aromatic rings. The van der Waals surface area contributed by atoms with Gasteiger partial charge in [0.2, 0.25) is 10.0 Å². The number of piperazine rings is 1. The zero-order chi connectivity index (χ0) is 28.3. The lowest BCUT2D eigenvalue weighted by molar-refractivity contribution is 0.0995. The number of likely N-dealkylation sites (N-methyl/N-ethyl adjacent to an activating group) is 1. The molecule has 1 amide bonds. The summed E-state index contributed by atoms with van der Waals surface area (Å²) in [5.74, 6) is -0.0394. The van der Waals surface area contributed by atoms with Crippen LogP contribution in [0.2, 0.25) is 0 Å². The Hall–Kier alpha value is -3.00. The van der Waals surface area contributed by atoms with Crippen molar-refractivity contribution >= 4 is 38.9 Å². The molecular formula is C26H40N8O4S. The molecule has 2 heterocycles. The Bertz CT molecular complexity index is 1290. The van der Waals surface area contributed by atoms with Crippen molar-refractivity contribution in [2.24, 2.45) is 5.73 Å². The van der Waals surface area contributed by atoms with Crippen molar-refractivity contribution in [3.05, 3.63) is 29.6 Å². The van der Waals surface area contributed by atoms with Gasteiger partial charge in [-0.2, -0.15) is 0 Å². The number of hydrogen-bond donors (Lipinski definition) is 4. The van der Waals surface area contributed by atoms with E-state index in [1.165, 1.54) is 18.4 Å². The third-order valence-corrected chi connectivity index (χ3v) is 9.24.